The number of nitrogens with zero attached hydrogens (tertiary/aromatic N) is 5. The normalized spacial score (nSPS) is 17.5. The third kappa shape index (κ3) is 4.00. The van der Waals surface area contributed by atoms with Gasteiger partial charge < -0.3 is 10.2 Å². The number of hydrogen-bond acceptors (Lipinski definition) is 7. The van der Waals surface area contributed by atoms with E-state index in [2.05, 4.69) is 20.1 Å². The second kappa shape index (κ2) is 8.19. The molecule has 0 spiro atoms. The van der Waals surface area contributed by atoms with Gasteiger partial charge in [-0.05, 0) is 24.6 Å². The van der Waals surface area contributed by atoms with Crippen LogP contribution in [0, 0.1) is 17.1 Å². The zero-order valence-electron chi connectivity index (χ0n) is 18.1. The standard InChI is InChI=1S/C22H20FN7O3S/c1-34(32,33)28-14-5-7-29(12-14)19-6-8-30(27-19)18-9-16(26-17-11-25-22(31)21(17)18)20-13(10-24)3-2-4-15(20)23/h2-4,6,8-9,14,28H,5,7,11-12H2,1H3,(H,25,31). The Morgan fingerprint density at radius 2 is 2.12 bits per heavy atom. The van der Waals surface area contributed by atoms with Gasteiger partial charge in [0.05, 0.1) is 52.6 Å². The van der Waals surface area contributed by atoms with Gasteiger partial charge in [0.2, 0.25) is 10.0 Å². The number of nitriles is 1. The fraction of sp³-hybridized carbons (Fsp3) is 0.273. The largest absolute Gasteiger partial charge is 0.353 e. The molecule has 1 amide bonds. The first-order chi connectivity index (χ1) is 16.2. The van der Waals surface area contributed by atoms with E-state index in [0.29, 0.717) is 42.3 Å². The minimum atomic E-state index is -3.31. The number of sulfonamides is 1. The number of pyridine rings is 1. The number of carbonyl (C=O) groups excluding carboxylic acids is 1. The van der Waals surface area contributed by atoms with Gasteiger partial charge in [0, 0.05) is 31.4 Å². The summed E-state index contributed by atoms with van der Waals surface area (Å²) in [6.07, 6.45) is 3.45. The molecule has 12 heteroatoms. The van der Waals surface area contributed by atoms with Gasteiger partial charge in [-0.1, -0.05) is 6.07 Å². The minimum absolute atomic E-state index is 0.0648. The number of nitrogens with one attached hydrogen (secondary N) is 2. The van der Waals surface area contributed by atoms with E-state index >= 15 is 0 Å². The van der Waals surface area contributed by atoms with Gasteiger partial charge >= 0.3 is 0 Å². The average molecular weight is 482 g/mol. The molecule has 3 aromatic rings. The molecule has 1 saturated heterocycles. The predicted molar refractivity (Wildman–Crippen MR) is 121 cm³/mol. The van der Waals surface area contributed by atoms with Crippen molar-refractivity contribution in [3.05, 3.63) is 59.2 Å². The van der Waals surface area contributed by atoms with Crippen LogP contribution >= 0.6 is 0 Å². The number of carbonyl (C=O) groups is 1. The molecule has 34 heavy (non-hydrogen) atoms. The summed E-state index contributed by atoms with van der Waals surface area (Å²) in [5.74, 6) is -0.280. The van der Waals surface area contributed by atoms with E-state index in [1.54, 1.807) is 18.3 Å². The molecule has 2 aliphatic heterocycles. The summed E-state index contributed by atoms with van der Waals surface area (Å²) < 4.78 is 41.9. The number of halogens is 1. The van der Waals surface area contributed by atoms with Crippen molar-refractivity contribution in [3.8, 4) is 23.0 Å². The van der Waals surface area contributed by atoms with E-state index < -0.39 is 15.8 Å². The van der Waals surface area contributed by atoms with E-state index in [1.807, 2.05) is 11.0 Å². The van der Waals surface area contributed by atoms with Crippen LogP contribution in [0.1, 0.15) is 28.0 Å². The highest BCUT2D eigenvalue weighted by Gasteiger charge is 2.29. The molecule has 2 aromatic heterocycles. The lowest BCUT2D eigenvalue weighted by Gasteiger charge is -2.16. The molecule has 0 aliphatic carbocycles. The smallest absolute Gasteiger partial charge is 0.255 e. The maximum absolute atomic E-state index is 14.7. The van der Waals surface area contributed by atoms with E-state index in [9.17, 15) is 22.9 Å². The Balaban J connectivity index is 1.54. The zero-order valence-corrected chi connectivity index (χ0v) is 18.9. The molecule has 2 aliphatic rings. The van der Waals surface area contributed by atoms with Crippen molar-refractivity contribution >= 4 is 21.7 Å². The van der Waals surface area contributed by atoms with Crippen molar-refractivity contribution in [1.82, 2.24) is 24.8 Å². The number of rotatable bonds is 5. The second-order valence-corrected chi connectivity index (χ2v) is 10.0. The van der Waals surface area contributed by atoms with E-state index in [1.165, 1.54) is 22.9 Å². The summed E-state index contributed by atoms with van der Waals surface area (Å²) in [4.78, 5) is 19.0. The van der Waals surface area contributed by atoms with Crippen LogP contribution in [0.4, 0.5) is 10.2 Å². The lowest BCUT2D eigenvalue weighted by Crippen LogP contribution is -2.36. The summed E-state index contributed by atoms with van der Waals surface area (Å²) >= 11 is 0. The summed E-state index contributed by atoms with van der Waals surface area (Å²) in [6, 6.07) is 9.33. The summed E-state index contributed by atoms with van der Waals surface area (Å²) in [5, 5.41) is 16.8. The van der Waals surface area contributed by atoms with E-state index in [-0.39, 0.29) is 35.3 Å². The highest BCUT2D eigenvalue weighted by Crippen LogP contribution is 2.32. The highest BCUT2D eigenvalue weighted by molar-refractivity contribution is 7.88. The molecule has 1 atom stereocenters. The van der Waals surface area contributed by atoms with Gasteiger partial charge in [0.15, 0.2) is 5.82 Å². The van der Waals surface area contributed by atoms with Crippen LogP contribution in [-0.2, 0) is 16.6 Å². The Kier molecular flexibility index (Phi) is 5.30. The second-order valence-electron chi connectivity index (χ2n) is 8.25. The fourth-order valence-corrected chi connectivity index (χ4v) is 5.18. The molecule has 174 valence electrons. The third-order valence-electron chi connectivity index (χ3n) is 5.82. The van der Waals surface area contributed by atoms with Gasteiger partial charge in [-0.25, -0.2) is 27.2 Å². The number of hydrogen-bond donors (Lipinski definition) is 2. The summed E-state index contributed by atoms with van der Waals surface area (Å²) in [7, 11) is -3.31. The van der Waals surface area contributed by atoms with Crippen LogP contribution < -0.4 is 14.9 Å². The first kappa shape index (κ1) is 22.0. The van der Waals surface area contributed by atoms with E-state index in [4.69, 9.17) is 0 Å². The Labute approximate surface area is 195 Å². The maximum atomic E-state index is 14.7. The molecular weight excluding hydrogens is 461 g/mol. The predicted octanol–water partition coefficient (Wildman–Crippen LogP) is 1.32. The van der Waals surface area contributed by atoms with Gasteiger partial charge in [-0.2, -0.15) is 10.4 Å². The molecule has 1 aromatic carbocycles. The first-order valence-electron chi connectivity index (χ1n) is 10.5. The van der Waals surface area contributed by atoms with Crippen LogP contribution in [0.2, 0.25) is 0 Å². The molecule has 0 radical (unpaired) electrons. The molecule has 1 unspecified atom stereocenters. The quantitative estimate of drug-likeness (QED) is 0.561. The maximum Gasteiger partial charge on any atom is 0.255 e. The molecule has 5 rings (SSSR count). The van der Waals surface area contributed by atoms with Crippen molar-refractivity contribution in [2.45, 2.75) is 19.0 Å². The topological polar surface area (TPSA) is 133 Å². The number of anilines is 1. The van der Waals surface area contributed by atoms with Gasteiger partial charge in [-0.3, -0.25) is 4.79 Å². The van der Waals surface area contributed by atoms with Crippen molar-refractivity contribution in [1.29, 1.82) is 5.26 Å². The number of amides is 1. The Morgan fingerprint density at radius 3 is 2.88 bits per heavy atom. The molecule has 10 nitrogen and oxygen atoms in total. The van der Waals surface area contributed by atoms with E-state index in [0.717, 1.165) is 6.26 Å². The van der Waals surface area contributed by atoms with Crippen molar-refractivity contribution in [2.24, 2.45) is 0 Å². The van der Waals surface area contributed by atoms with Gasteiger partial charge in [0.25, 0.3) is 5.91 Å². The third-order valence-corrected chi connectivity index (χ3v) is 6.58. The Hall–Kier alpha value is -3.82. The molecule has 2 N–H and O–H groups in total. The zero-order chi connectivity index (χ0) is 24.0. The average Bonchev–Trinajstić information content (AvgIpc) is 3.52. The van der Waals surface area contributed by atoms with Gasteiger partial charge in [0.1, 0.15) is 5.82 Å². The molecule has 0 saturated carbocycles. The first-order valence-corrected chi connectivity index (χ1v) is 12.4. The van der Waals surface area contributed by atoms with Crippen LogP contribution in [0.25, 0.3) is 16.9 Å². The van der Waals surface area contributed by atoms with Crippen molar-refractivity contribution in [3.63, 3.8) is 0 Å². The summed E-state index contributed by atoms with van der Waals surface area (Å²) in [6.45, 7) is 1.26. The van der Waals surface area contributed by atoms with Crippen LogP contribution in [0.5, 0.6) is 0 Å². The lowest BCUT2D eigenvalue weighted by molar-refractivity contribution is 0.0965. The highest BCUT2D eigenvalue weighted by atomic mass is 32.2. The Bertz CT molecular complexity index is 1460. The number of aromatic nitrogens is 3. The van der Waals surface area contributed by atoms with Crippen LogP contribution in [0.3, 0.4) is 0 Å². The van der Waals surface area contributed by atoms with Crippen molar-refractivity contribution < 1.29 is 17.6 Å². The Morgan fingerprint density at radius 1 is 1.29 bits per heavy atom. The molecular formula is C22H20FN7O3S. The number of fused-ring (bicyclic) bond motifs is 1. The minimum Gasteiger partial charge on any atom is -0.353 e. The summed E-state index contributed by atoms with van der Waals surface area (Å²) in [5.41, 5.74) is 1.63. The fourth-order valence-electron chi connectivity index (χ4n) is 4.38. The van der Waals surface area contributed by atoms with Gasteiger partial charge in [-0.15, -0.1) is 0 Å². The van der Waals surface area contributed by atoms with Crippen LogP contribution in [-0.4, -0.2) is 54.5 Å². The monoisotopic (exact) mass is 481 g/mol. The molecule has 1 fully saturated rings. The number of benzene rings is 1. The lowest BCUT2D eigenvalue weighted by atomic mass is 10.0. The molecule has 0 bridgehead atoms. The molecule has 4 heterocycles. The van der Waals surface area contributed by atoms with Crippen LogP contribution in [0.15, 0.2) is 36.5 Å². The SMILES string of the molecule is CS(=O)(=O)NC1CCN(c2ccn(-c3cc(-c4c(F)cccc4C#N)nc4c3C(=O)NC4)n2)C1. The van der Waals surface area contributed by atoms with Crippen molar-refractivity contribution in [2.75, 3.05) is 24.2 Å².